The van der Waals surface area contributed by atoms with Gasteiger partial charge in [0, 0.05) is 16.0 Å². The fourth-order valence-electron chi connectivity index (χ4n) is 2.79. The smallest absolute Gasteiger partial charge is 0.254 e. The summed E-state index contributed by atoms with van der Waals surface area (Å²) in [6.45, 7) is 11.8. The molecule has 1 aromatic heterocycles. The van der Waals surface area contributed by atoms with Gasteiger partial charge >= 0.3 is 0 Å². The predicted molar refractivity (Wildman–Crippen MR) is 116 cm³/mol. The van der Waals surface area contributed by atoms with E-state index >= 15 is 0 Å². The highest BCUT2D eigenvalue weighted by Gasteiger charge is 2.29. The number of carbonyl (C=O) groups excluding carboxylic acids is 2. The van der Waals surface area contributed by atoms with Crippen molar-refractivity contribution in [1.82, 2.24) is 9.88 Å². The van der Waals surface area contributed by atoms with Crippen molar-refractivity contribution in [3.63, 3.8) is 0 Å². The van der Waals surface area contributed by atoms with E-state index in [-0.39, 0.29) is 18.4 Å². The van der Waals surface area contributed by atoms with Gasteiger partial charge in [-0.2, -0.15) is 0 Å². The van der Waals surface area contributed by atoms with Crippen molar-refractivity contribution < 1.29 is 9.59 Å². The molecule has 1 N–H and O–H groups in total. The lowest BCUT2D eigenvalue weighted by Crippen LogP contribution is -2.49. The van der Waals surface area contributed by atoms with E-state index in [9.17, 15) is 9.59 Å². The molecule has 0 unspecified atom stereocenters. The summed E-state index contributed by atoms with van der Waals surface area (Å²) in [5.74, 6) is -0.382. The Morgan fingerprint density at radius 1 is 1.14 bits per heavy atom. The van der Waals surface area contributed by atoms with E-state index in [1.165, 1.54) is 16.9 Å². The third-order valence-electron chi connectivity index (χ3n) is 4.65. The number of hydrogen-bond donors (Lipinski definition) is 1. The van der Waals surface area contributed by atoms with E-state index in [1.54, 1.807) is 4.90 Å². The second kappa shape index (κ2) is 9.32. The fourth-order valence-corrected chi connectivity index (χ4v) is 3.62. The highest BCUT2D eigenvalue weighted by molar-refractivity contribution is 7.15. The zero-order valence-electron chi connectivity index (χ0n) is 17.8. The van der Waals surface area contributed by atoms with Gasteiger partial charge in [-0.1, -0.05) is 25.5 Å². The van der Waals surface area contributed by atoms with Crippen molar-refractivity contribution in [3.05, 3.63) is 46.0 Å². The average molecular weight is 402 g/mol. The number of carbonyl (C=O) groups is 2. The van der Waals surface area contributed by atoms with Crippen LogP contribution in [-0.2, 0) is 11.2 Å². The molecule has 152 valence electrons. The van der Waals surface area contributed by atoms with Crippen LogP contribution in [-0.4, -0.2) is 33.8 Å². The second-order valence-electron chi connectivity index (χ2n) is 8.07. The van der Waals surface area contributed by atoms with Gasteiger partial charge in [0.15, 0.2) is 5.13 Å². The van der Waals surface area contributed by atoms with Crippen molar-refractivity contribution in [3.8, 4) is 0 Å². The summed E-state index contributed by atoms with van der Waals surface area (Å²) in [5, 5.41) is 3.39. The summed E-state index contributed by atoms with van der Waals surface area (Å²) in [7, 11) is 0. The molecule has 2 amide bonds. The predicted octanol–water partition coefficient (Wildman–Crippen LogP) is 4.98. The highest BCUT2D eigenvalue weighted by Crippen LogP contribution is 2.22. The second-order valence-corrected chi connectivity index (χ2v) is 9.27. The lowest BCUT2D eigenvalue weighted by molar-refractivity contribution is -0.117. The number of aryl methyl sites for hydroxylation is 3. The summed E-state index contributed by atoms with van der Waals surface area (Å²) in [6.07, 6.45) is 3.30. The lowest BCUT2D eigenvalue weighted by atomic mass is 10.0. The summed E-state index contributed by atoms with van der Waals surface area (Å²) < 4.78 is 0. The number of rotatable bonds is 7. The number of anilines is 1. The quantitative estimate of drug-likeness (QED) is 0.711. The SMILES string of the molecule is CCCCc1ccc(C(=O)N(CC(=O)Nc2nc(C)c(C)s2)C(C)(C)C)cc1. The van der Waals surface area contributed by atoms with E-state index in [0.717, 1.165) is 29.8 Å². The topological polar surface area (TPSA) is 62.3 Å². The van der Waals surface area contributed by atoms with Gasteiger partial charge in [0.05, 0.1) is 5.69 Å². The molecule has 0 saturated carbocycles. The molecule has 0 fully saturated rings. The van der Waals surface area contributed by atoms with E-state index in [4.69, 9.17) is 0 Å². The van der Waals surface area contributed by atoms with Crippen molar-refractivity contribution >= 4 is 28.3 Å². The molecule has 0 saturated heterocycles. The van der Waals surface area contributed by atoms with Gasteiger partial charge in [0.25, 0.3) is 5.91 Å². The Kier molecular flexibility index (Phi) is 7.35. The van der Waals surface area contributed by atoms with Gasteiger partial charge in [0.1, 0.15) is 6.54 Å². The fraction of sp³-hybridized carbons (Fsp3) is 0.500. The molecule has 2 rings (SSSR count). The Bertz CT molecular complexity index is 800. The summed E-state index contributed by atoms with van der Waals surface area (Å²) in [5.41, 5.74) is 2.26. The first-order chi connectivity index (χ1) is 13.1. The number of thiazole rings is 1. The molecule has 0 aliphatic heterocycles. The lowest BCUT2D eigenvalue weighted by Gasteiger charge is -2.35. The van der Waals surface area contributed by atoms with Gasteiger partial charge in [-0.05, 0) is 65.2 Å². The third-order valence-corrected chi connectivity index (χ3v) is 5.64. The number of nitrogens with zero attached hydrogens (tertiary/aromatic N) is 2. The standard InChI is InChI=1S/C22H31N3O2S/c1-7-8-9-17-10-12-18(13-11-17)20(27)25(22(4,5)6)14-19(26)24-21-23-15(2)16(3)28-21/h10-13H,7-9,14H2,1-6H3,(H,23,24,26). The molecule has 6 heteroatoms. The van der Waals surface area contributed by atoms with Gasteiger partial charge in [-0.25, -0.2) is 4.98 Å². The molecule has 0 aliphatic carbocycles. The molecule has 0 atom stereocenters. The maximum absolute atomic E-state index is 13.1. The van der Waals surface area contributed by atoms with Crippen molar-refractivity contribution in [2.45, 2.75) is 66.3 Å². The molecule has 1 heterocycles. The van der Waals surface area contributed by atoms with Crippen LogP contribution in [0.15, 0.2) is 24.3 Å². The third kappa shape index (κ3) is 5.89. The van der Waals surface area contributed by atoms with Crippen LogP contribution in [0.25, 0.3) is 0 Å². The number of hydrogen-bond acceptors (Lipinski definition) is 4. The highest BCUT2D eigenvalue weighted by atomic mass is 32.1. The normalized spacial score (nSPS) is 11.4. The summed E-state index contributed by atoms with van der Waals surface area (Å²) in [6, 6.07) is 7.73. The van der Waals surface area contributed by atoms with Gasteiger partial charge in [-0.15, -0.1) is 11.3 Å². The van der Waals surface area contributed by atoms with Crippen LogP contribution >= 0.6 is 11.3 Å². The van der Waals surface area contributed by atoms with Crippen LogP contribution < -0.4 is 5.32 Å². The van der Waals surface area contributed by atoms with Crippen LogP contribution in [0.2, 0.25) is 0 Å². The first-order valence-corrected chi connectivity index (χ1v) is 10.6. The van der Waals surface area contributed by atoms with Crippen LogP contribution in [0.1, 0.15) is 67.0 Å². The zero-order chi connectivity index (χ0) is 20.9. The number of benzene rings is 1. The maximum atomic E-state index is 13.1. The van der Waals surface area contributed by atoms with Crippen molar-refractivity contribution in [2.75, 3.05) is 11.9 Å². The van der Waals surface area contributed by atoms with E-state index in [2.05, 4.69) is 17.2 Å². The minimum Gasteiger partial charge on any atom is -0.324 e. The van der Waals surface area contributed by atoms with Crippen molar-refractivity contribution in [2.24, 2.45) is 0 Å². The van der Waals surface area contributed by atoms with E-state index in [0.29, 0.717) is 10.7 Å². The first kappa shape index (κ1) is 22.1. The van der Waals surface area contributed by atoms with Gasteiger partial charge in [-0.3, -0.25) is 9.59 Å². The molecular weight excluding hydrogens is 370 g/mol. The van der Waals surface area contributed by atoms with E-state index in [1.807, 2.05) is 58.9 Å². The van der Waals surface area contributed by atoms with Crippen LogP contribution in [0.3, 0.4) is 0 Å². The molecule has 0 spiro atoms. The number of amides is 2. The molecule has 0 aliphatic rings. The molecule has 2 aromatic rings. The monoisotopic (exact) mass is 401 g/mol. The van der Waals surface area contributed by atoms with Crippen LogP contribution in [0.5, 0.6) is 0 Å². The van der Waals surface area contributed by atoms with Crippen molar-refractivity contribution in [1.29, 1.82) is 0 Å². The molecular formula is C22H31N3O2S. The Balaban J connectivity index is 2.11. The van der Waals surface area contributed by atoms with Crippen LogP contribution in [0.4, 0.5) is 5.13 Å². The Hall–Kier alpha value is -2.21. The maximum Gasteiger partial charge on any atom is 0.254 e. The van der Waals surface area contributed by atoms with E-state index < -0.39 is 5.54 Å². The first-order valence-electron chi connectivity index (χ1n) is 9.76. The number of aromatic nitrogens is 1. The molecule has 0 bridgehead atoms. The van der Waals surface area contributed by atoms with Gasteiger partial charge < -0.3 is 10.2 Å². The molecule has 5 nitrogen and oxygen atoms in total. The van der Waals surface area contributed by atoms with Gasteiger partial charge in [0.2, 0.25) is 5.91 Å². The Labute approximate surface area is 172 Å². The summed E-state index contributed by atoms with van der Waals surface area (Å²) >= 11 is 1.44. The zero-order valence-corrected chi connectivity index (χ0v) is 18.6. The Morgan fingerprint density at radius 3 is 2.29 bits per heavy atom. The minimum absolute atomic E-state index is 0.0163. The van der Waals surface area contributed by atoms with Crippen LogP contribution in [0, 0.1) is 13.8 Å². The summed E-state index contributed by atoms with van der Waals surface area (Å²) in [4.78, 5) is 32.7. The average Bonchev–Trinajstić information content (AvgIpc) is 2.94. The number of unbranched alkanes of at least 4 members (excludes halogenated alkanes) is 1. The largest absolute Gasteiger partial charge is 0.324 e. The molecule has 1 aromatic carbocycles. The Morgan fingerprint density at radius 2 is 1.79 bits per heavy atom. The minimum atomic E-state index is -0.482. The molecule has 28 heavy (non-hydrogen) atoms. The number of nitrogens with one attached hydrogen (secondary N) is 1. The molecule has 0 radical (unpaired) electrons.